The van der Waals surface area contributed by atoms with Gasteiger partial charge in [0.05, 0.1) is 20.1 Å². The first-order valence-corrected chi connectivity index (χ1v) is 7.08. The Morgan fingerprint density at radius 1 is 1.24 bits per heavy atom. The molecule has 0 aromatic heterocycles. The van der Waals surface area contributed by atoms with Crippen molar-refractivity contribution >= 4 is 11.9 Å². The predicted octanol–water partition coefficient (Wildman–Crippen LogP) is 1.96. The maximum atomic E-state index is 12.2. The highest BCUT2D eigenvalue weighted by Gasteiger charge is 2.17. The molecule has 0 bridgehead atoms. The van der Waals surface area contributed by atoms with Crippen LogP contribution in [0.4, 0.5) is 0 Å². The van der Waals surface area contributed by atoms with E-state index in [1.807, 2.05) is 32.0 Å². The van der Waals surface area contributed by atoms with Gasteiger partial charge in [-0.2, -0.15) is 0 Å². The number of nitrogens with zero attached hydrogens (tertiary/aromatic N) is 1. The fourth-order valence-corrected chi connectivity index (χ4v) is 2.00. The Kier molecular flexibility index (Phi) is 6.72. The molecule has 0 aliphatic rings. The molecule has 1 aromatic carbocycles. The second-order valence-corrected chi connectivity index (χ2v) is 4.69. The summed E-state index contributed by atoms with van der Waals surface area (Å²) in [7, 11) is 1.60. The maximum absolute atomic E-state index is 12.2. The number of hydrogen-bond acceptors (Lipinski definition) is 4. The van der Waals surface area contributed by atoms with E-state index in [4.69, 9.17) is 9.47 Å². The zero-order valence-electron chi connectivity index (χ0n) is 13.1. The molecule has 116 valence electrons. The van der Waals surface area contributed by atoms with Crippen molar-refractivity contribution in [2.45, 2.75) is 27.2 Å². The molecule has 1 amide bonds. The summed E-state index contributed by atoms with van der Waals surface area (Å²) in [5.74, 6) is 0.277. The van der Waals surface area contributed by atoms with Crippen LogP contribution in [0.1, 0.15) is 25.0 Å². The molecule has 1 aromatic rings. The Morgan fingerprint density at radius 2 is 1.95 bits per heavy atom. The van der Waals surface area contributed by atoms with Crippen LogP contribution in [0.3, 0.4) is 0 Å². The summed E-state index contributed by atoms with van der Waals surface area (Å²) in [5, 5.41) is 0. The number of rotatable bonds is 7. The van der Waals surface area contributed by atoms with Crippen LogP contribution in [-0.4, -0.2) is 43.6 Å². The van der Waals surface area contributed by atoms with E-state index in [-0.39, 0.29) is 24.8 Å². The van der Waals surface area contributed by atoms with Crippen molar-refractivity contribution in [2.75, 3.05) is 26.8 Å². The monoisotopic (exact) mass is 293 g/mol. The number of methoxy groups -OCH3 is 1. The minimum absolute atomic E-state index is 0.00777. The fraction of sp³-hybridized carbons (Fsp3) is 0.500. The third-order valence-corrected chi connectivity index (χ3v) is 3.19. The summed E-state index contributed by atoms with van der Waals surface area (Å²) in [4.78, 5) is 25.2. The van der Waals surface area contributed by atoms with Crippen LogP contribution in [0.2, 0.25) is 0 Å². The summed E-state index contributed by atoms with van der Waals surface area (Å²) in [6, 6.07) is 5.67. The molecule has 0 N–H and O–H groups in total. The van der Waals surface area contributed by atoms with E-state index in [9.17, 15) is 9.59 Å². The number of aryl methyl sites for hydroxylation is 1. The molecule has 0 spiro atoms. The first-order valence-electron chi connectivity index (χ1n) is 7.08. The van der Waals surface area contributed by atoms with Crippen molar-refractivity contribution in [3.05, 3.63) is 29.3 Å². The van der Waals surface area contributed by atoms with Crippen LogP contribution in [0.15, 0.2) is 18.2 Å². The summed E-state index contributed by atoms with van der Waals surface area (Å²) in [5.41, 5.74) is 1.89. The average Bonchev–Trinajstić information content (AvgIpc) is 2.46. The van der Waals surface area contributed by atoms with Crippen molar-refractivity contribution in [3.8, 4) is 5.75 Å². The third kappa shape index (κ3) is 5.10. The van der Waals surface area contributed by atoms with Gasteiger partial charge in [0.2, 0.25) is 5.91 Å². The van der Waals surface area contributed by atoms with Gasteiger partial charge in [0.1, 0.15) is 12.3 Å². The van der Waals surface area contributed by atoms with Crippen LogP contribution in [0.25, 0.3) is 0 Å². The van der Waals surface area contributed by atoms with Gasteiger partial charge in [-0.05, 0) is 38.0 Å². The van der Waals surface area contributed by atoms with E-state index in [2.05, 4.69) is 0 Å². The number of carbonyl (C=O) groups excluding carboxylic acids is 2. The highest BCUT2D eigenvalue weighted by atomic mass is 16.5. The standard InChI is InChI=1S/C16H23NO4/c1-5-17(11-16(19)21-6-2)15(18)10-13-8-7-12(3)14(9-13)20-4/h7-9H,5-6,10-11H2,1-4H3. The molecule has 0 unspecified atom stereocenters. The molecule has 0 saturated carbocycles. The van der Waals surface area contributed by atoms with Gasteiger partial charge in [-0.25, -0.2) is 0 Å². The van der Waals surface area contributed by atoms with Crippen molar-refractivity contribution in [2.24, 2.45) is 0 Å². The van der Waals surface area contributed by atoms with Gasteiger partial charge in [0.25, 0.3) is 0 Å². The molecular formula is C16H23NO4. The molecule has 0 aliphatic heterocycles. The molecule has 0 saturated heterocycles. The molecule has 5 heteroatoms. The summed E-state index contributed by atoms with van der Waals surface area (Å²) < 4.78 is 10.1. The Hall–Kier alpha value is -2.04. The maximum Gasteiger partial charge on any atom is 0.325 e. The summed E-state index contributed by atoms with van der Waals surface area (Å²) in [6.45, 7) is 6.32. The Bertz CT molecular complexity index is 499. The largest absolute Gasteiger partial charge is 0.496 e. The Labute approximate surface area is 125 Å². The Balaban J connectivity index is 2.71. The van der Waals surface area contributed by atoms with Crippen molar-refractivity contribution < 1.29 is 19.1 Å². The van der Waals surface area contributed by atoms with Crippen molar-refractivity contribution in [3.63, 3.8) is 0 Å². The molecule has 1 rings (SSSR count). The lowest BCUT2D eigenvalue weighted by molar-refractivity contribution is -0.148. The molecular weight excluding hydrogens is 270 g/mol. The third-order valence-electron chi connectivity index (χ3n) is 3.19. The zero-order chi connectivity index (χ0) is 15.8. The number of carbonyl (C=O) groups is 2. The van der Waals surface area contributed by atoms with Gasteiger partial charge in [0, 0.05) is 6.54 Å². The van der Waals surface area contributed by atoms with E-state index < -0.39 is 0 Å². The van der Waals surface area contributed by atoms with Crippen LogP contribution < -0.4 is 4.74 Å². The molecule has 21 heavy (non-hydrogen) atoms. The number of benzene rings is 1. The summed E-state index contributed by atoms with van der Waals surface area (Å²) in [6.07, 6.45) is 0.240. The van der Waals surface area contributed by atoms with Crippen LogP contribution in [0, 0.1) is 6.92 Å². The molecule has 0 fully saturated rings. The van der Waals surface area contributed by atoms with E-state index >= 15 is 0 Å². The van der Waals surface area contributed by atoms with Gasteiger partial charge in [-0.3, -0.25) is 9.59 Å². The van der Waals surface area contributed by atoms with E-state index in [0.717, 1.165) is 16.9 Å². The van der Waals surface area contributed by atoms with Gasteiger partial charge < -0.3 is 14.4 Å². The number of hydrogen-bond donors (Lipinski definition) is 0. The molecule has 0 heterocycles. The van der Waals surface area contributed by atoms with Crippen LogP contribution in [-0.2, 0) is 20.7 Å². The van der Waals surface area contributed by atoms with E-state index in [1.54, 1.807) is 14.0 Å². The topological polar surface area (TPSA) is 55.8 Å². The number of ether oxygens (including phenoxy) is 2. The molecule has 0 aliphatic carbocycles. The minimum atomic E-state index is -0.380. The predicted molar refractivity (Wildman–Crippen MR) is 80.3 cm³/mol. The van der Waals surface area contributed by atoms with Gasteiger partial charge >= 0.3 is 5.97 Å². The molecule has 0 atom stereocenters. The highest BCUT2D eigenvalue weighted by Crippen LogP contribution is 2.19. The number of esters is 1. The fourth-order valence-electron chi connectivity index (χ4n) is 2.00. The molecule has 5 nitrogen and oxygen atoms in total. The lowest BCUT2D eigenvalue weighted by Crippen LogP contribution is -2.37. The SMILES string of the molecule is CCOC(=O)CN(CC)C(=O)Cc1ccc(C)c(OC)c1. The first-order chi connectivity index (χ1) is 10.0. The van der Waals surface area contributed by atoms with Gasteiger partial charge in [-0.15, -0.1) is 0 Å². The quantitative estimate of drug-likeness (QED) is 0.721. The van der Waals surface area contributed by atoms with Crippen molar-refractivity contribution in [1.29, 1.82) is 0 Å². The average molecular weight is 293 g/mol. The Morgan fingerprint density at radius 3 is 2.52 bits per heavy atom. The summed E-state index contributed by atoms with van der Waals surface area (Å²) >= 11 is 0. The second kappa shape index (κ2) is 8.29. The number of amides is 1. The molecule has 0 radical (unpaired) electrons. The van der Waals surface area contributed by atoms with Gasteiger partial charge in [0.15, 0.2) is 0 Å². The van der Waals surface area contributed by atoms with Crippen LogP contribution >= 0.6 is 0 Å². The first kappa shape index (κ1) is 17.0. The van der Waals surface area contributed by atoms with Gasteiger partial charge in [-0.1, -0.05) is 12.1 Å². The smallest absolute Gasteiger partial charge is 0.325 e. The normalized spacial score (nSPS) is 10.1. The van der Waals surface area contributed by atoms with Crippen LogP contribution in [0.5, 0.6) is 5.75 Å². The zero-order valence-corrected chi connectivity index (χ0v) is 13.1. The second-order valence-electron chi connectivity index (χ2n) is 4.69. The van der Waals surface area contributed by atoms with Crippen molar-refractivity contribution in [1.82, 2.24) is 4.90 Å². The van der Waals surface area contributed by atoms with E-state index in [0.29, 0.717) is 13.2 Å². The minimum Gasteiger partial charge on any atom is -0.496 e. The van der Waals surface area contributed by atoms with E-state index in [1.165, 1.54) is 4.90 Å². The lowest BCUT2D eigenvalue weighted by Gasteiger charge is -2.20. The highest BCUT2D eigenvalue weighted by molar-refractivity contribution is 5.83. The number of likely N-dealkylation sites (N-methyl/N-ethyl adjacent to an activating group) is 1. The lowest BCUT2D eigenvalue weighted by atomic mass is 10.1.